The van der Waals surface area contributed by atoms with E-state index in [1.54, 1.807) is 17.9 Å². The summed E-state index contributed by atoms with van der Waals surface area (Å²) in [4.78, 5) is 11.2. The van der Waals surface area contributed by atoms with E-state index in [1.807, 2.05) is 6.20 Å². The lowest BCUT2D eigenvalue weighted by molar-refractivity contribution is -0.121. The quantitative estimate of drug-likeness (QED) is 0.826. The third-order valence-electron chi connectivity index (χ3n) is 3.82. The Bertz CT molecular complexity index is 396. The van der Waals surface area contributed by atoms with Crippen LogP contribution >= 0.6 is 0 Å². The average molecular weight is 264 g/mol. The van der Waals surface area contributed by atoms with E-state index >= 15 is 0 Å². The van der Waals surface area contributed by atoms with Crippen molar-refractivity contribution in [3.8, 4) is 0 Å². The Morgan fingerprint density at radius 3 is 2.95 bits per heavy atom. The van der Waals surface area contributed by atoms with Crippen LogP contribution in [-0.2, 0) is 11.3 Å². The van der Waals surface area contributed by atoms with Gasteiger partial charge in [-0.05, 0) is 12.3 Å². The first kappa shape index (κ1) is 13.9. The zero-order valence-corrected chi connectivity index (χ0v) is 11.7. The Hall–Kier alpha value is -1.52. The second-order valence-corrected chi connectivity index (χ2v) is 5.32. The number of likely N-dealkylation sites (N-methyl/N-ethyl adjacent to an activating group) is 1. The van der Waals surface area contributed by atoms with E-state index in [2.05, 4.69) is 15.7 Å². The Morgan fingerprint density at radius 1 is 1.42 bits per heavy atom. The van der Waals surface area contributed by atoms with Crippen LogP contribution < -0.4 is 10.6 Å². The van der Waals surface area contributed by atoms with Crippen molar-refractivity contribution < 1.29 is 4.79 Å². The molecule has 2 N–H and O–H groups in total. The summed E-state index contributed by atoms with van der Waals surface area (Å²) < 4.78 is 1.65. The van der Waals surface area contributed by atoms with Gasteiger partial charge in [0.25, 0.3) is 0 Å². The van der Waals surface area contributed by atoms with Gasteiger partial charge < -0.3 is 10.6 Å². The van der Waals surface area contributed by atoms with Crippen molar-refractivity contribution in [3.05, 3.63) is 12.4 Å². The highest BCUT2D eigenvalue weighted by atomic mass is 16.1. The number of hydrogen-bond donors (Lipinski definition) is 2. The second kappa shape index (κ2) is 7.16. The summed E-state index contributed by atoms with van der Waals surface area (Å²) >= 11 is 0. The van der Waals surface area contributed by atoms with Gasteiger partial charge in [0, 0.05) is 19.8 Å². The minimum atomic E-state index is -0.0307. The van der Waals surface area contributed by atoms with E-state index in [1.165, 1.54) is 38.5 Å². The summed E-state index contributed by atoms with van der Waals surface area (Å²) in [7, 11) is 1.63. The van der Waals surface area contributed by atoms with Crippen LogP contribution in [0.15, 0.2) is 12.4 Å². The maximum absolute atomic E-state index is 11.2. The largest absolute Gasteiger partial charge is 0.383 e. The van der Waals surface area contributed by atoms with Crippen molar-refractivity contribution >= 4 is 11.6 Å². The lowest BCUT2D eigenvalue weighted by Crippen LogP contribution is -2.23. The fraction of sp³-hybridized carbons (Fsp3) is 0.714. The molecule has 1 aromatic heterocycles. The van der Waals surface area contributed by atoms with Gasteiger partial charge in [0.05, 0.1) is 11.9 Å². The van der Waals surface area contributed by atoms with Gasteiger partial charge in [-0.1, -0.05) is 32.1 Å². The Kier molecular flexibility index (Phi) is 5.24. The molecule has 0 aliphatic heterocycles. The molecule has 1 heterocycles. The summed E-state index contributed by atoms with van der Waals surface area (Å²) in [5.74, 6) is 0.860. The van der Waals surface area contributed by atoms with Crippen LogP contribution in [0.2, 0.25) is 0 Å². The van der Waals surface area contributed by atoms with Gasteiger partial charge in [0.15, 0.2) is 0 Å². The molecule has 0 saturated heterocycles. The van der Waals surface area contributed by atoms with Crippen LogP contribution in [0.5, 0.6) is 0 Å². The zero-order valence-electron chi connectivity index (χ0n) is 11.7. The third-order valence-corrected chi connectivity index (χ3v) is 3.82. The highest BCUT2D eigenvalue weighted by molar-refractivity contribution is 5.75. The topological polar surface area (TPSA) is 59.0 Å². The van der Waals surface area contributed by atoms with Crippen molar-refractivity contribution in [2.75, 3.05) is 18.9 Å². The van der Waals surface area contributed by atoms with E-state index in [-0.39, 0.29) is 12.5 Å². The number of amides is 1. The van der Waals surface area contributed by atoms with E-state index in [9.17, 15) is 4.79 Å². The molecule has 1 saturated carbocycles. The maximum Gasteiger partial charge on any atom is 0.241 e. The number of aromatic nitrogens is 2. The van der Waals surface area contributed by atoms with Crippen LogP contribution in [-0.4, -0.2) is 29.3 Å². The SMILES string of the molecule is CNC(=O)Cn1cc(NCCC2CCCCC2)cn1. The summed E-state index contributed by atoms with van der Waals surface area (Å²) in [6.45, 7) is 1.27. The van der Waals surface area contributed by atoms with Crippen LogP contribution in [0.25, 0.3) is 0 Å². The smallest absolute Gasteiger partial charge is 0.241 e. The Balaban J connectivity index is 1.69. The van der Waals surface area contributed by atoms with E-state index in [0.29, 0.717) is 0 Å². The first-order chi connectivity index (χ1) is 9.28. The average Bonchev–Trinajstić information content (AvgIpc) is 2.87. The molecule has 2 rings (SSSR count). The molecule has 1 aliphatic carbocycles. The molecular weight excluding hydrogens is 240 g/mol. The standard InChI is InChI=1S/C14H24N4O/c1-15-14(19)11-18-10-13(9-17-18)16-8-7-12-5-3-2-4-6-12/h9-10,12,16H,2-8,11H2,1H3,(H,15,19). The zero-order chi connectivity index (χ0) is 13.5. The van der Waals surface area contributed by atoms with Crippen LogP contribution in [0.4, 0.5) is 5.69 Å². The number of nitrogens with one attached hydrogen (secondary N) is 2. The monoisotopic (exact) mass is 264 g/mol. The molecule has 1 amide bonds. The van der Waals surface area contributed by atoms with Crippen LogP contribution in [0.1, 0.15) is 38.5 Å². The van der Waals surface area contributed by atoms with Gasteiger partial charge in [-0.15, -0.1) is 0 Å². The van der Waals surface area contributed by atoms with Gasteiger partial charge in [0.2, 0.25) is 5.91 Å². The predicted octanol–water partition coefficient (Wildman–Crippen LogP) is 2.01. The predicted molar refractivity (Wildman–Crippen MR) is 76.0 cm³/mol. The van der Waals surface area contributed by atoms with Gasteiger partial charge in [-0.25, -0.2) is 0 Å². The Morgan fingerprint density at radius 2 is 2.21 bits per heavy atom. The normalized spacial score (nSPS) is 16.3. The molecule has 0 unspecified atom stereocenters. The number of carbonyl (C=O) groups is 1. The minimum absolute atomic E-state index is 0.0307. The molecular formula is C14H24N4O. The number of nitrogens with zero attached hydrogens (tertiary/aromatic N) is 2. The van der Waals surface area contributed by atoms with Crippen molar-refractivity contribution in [2.45, 2.75) is 45.1 Å². The fourth-order valence-electron chi connectivity index (χ4n) is 2.66. The molecule has 19 heavy (non-hydrogen) atoms. The molecule has 1 aliphatic rings. The summed E-state index contributed by atoms with van der Waals surface area (Å²) in [6.07, 6.45) is 11.9. The number of anilines is 1. The summed E-state index contributed by atoms with van der Waals surface area (Å²) in [6, 6.07) is 0. The molecule has 1 fully saturated rings. The lowest BCUT2D eigenvalue weighted by atomic mass is 9.87. The van der Waals surface area contributed by atoms with E-state index in [0.717, 1.165) is 18.2 Å². The van der Waals surface area contributed by atoms with Gasteiger partial charge in [0.1, 0.15) is 6.54 Å². The van der Waals surface area contributed by atoms with Crippen molar-refractivity contribution in [1.82, 2.24) is 15.1 Å². The van der Waals surface area contributed by atoms with E-state index in [4.69, 9.17) is 0 Å². The van der Waals surface area contributed by atoms with Crippen molar-refractivity contribution in [2.24, 2.45) is 5.92 Å². The Labute approximate surface area is 114 Å². The number of carbonyl (C=O) groups excluding carboxylic acids is 1. The second-order valence-electron chi connectivity index (χ2n) is 5.32. The first-order valence-corrected chi connectivity index (χ1v) is 7.25. The molecule has 0 bridgehead atoms. The highest BCUT2D eigenvalue weighted by Crippen LogP contribution is 2.26. The molecule has 106 valence electrons. The minimum Gasteiger partial charge on any atom is -0.383 e. The molecule has 5 heteroatoms. The van der Waals surface area contributed by atoms with Crippen molar-refractivity contribution in [3.63, 3.8) is 0 Å². The van der Waals surface area contributed by atoms with Crippen LogP contribution in [0, 0.1) is 5.92 Å². The molecule has 0 atom stereocenters. The lowest BCUT2D eigenvalue weighted by Gasteiger charge is -2.21. The summed E-state index contributed by atoms with van der Waals surface area (Å²) in [5, 5.41) is 10.1. The molecule has 5 nitrogen and oxygen atoms in total. The fourth-order valence-corrected chi connectivity index (χ4v) is 2.66. The third kappa shape index (κ3) is 4.58. The van der Waals surface area contributed by atoms with Crippen LogP contribution in [0.3, 0.4) is 0 Å². The highest BCUT2D eigenvalue weighted by Gasteiger charge is 2.12. The molecule has 1 aromatic rings. The van der Waals surface area contributed by atoms with Gasteiger partial charge in [-0.2, -0.15) is 5.10 Å². The molecule has 0 radical (unpaired) electrons. The van der Waals surface area contributed by atoms with Crippen molar-refractivity contribution in [1.29, 1.82) is 0 Å². The summed E-state index contributed by atoms with van der Waals surface area (Å²) in [5.41, 5.74) is 1.000. The maximum atomic E-state index is 11.2. The first-order valence-electron chi connectivity index (χ1n) is 7.25. The van der Waals surface area contributed by atoms with E-state index < -0.39 is 0 Å². The molecule has 0 aromatic carbocycles. The number of rotatable bonds is 6. The molecule has 0 spiro atoms. The number of hydrogen-bond acceptors (Lipinski definition) is 3. The van der Waals surface area contributed by atoms with Gasteiger partial charge >= 0.3 is 0 Å². The van der Waals surface area contributed by atoms with Gasteiger partial charge in [-0.3, -0.25) is 9.48 Å².